The van der Waals surface area contributed by atoms with Crippen molar-refractivity contribution in [2.75, 3.05) is 6.54 Å². The zero-order chi connectivity index (χ0) is 15.3. The first-order chi connectivity index (χ1) is 9.25. The molecule has 0 radical (unpaired) electrons. The molecule has 0 aromatic heterocycles. The van der Waals surface area contributed by atoms with Crippen LogP contribution >= 0.6 is 0 Å². The van der Waals surface area contributed by atoms with Crippen molar-refractivity contribution >= 4 is 5.91 Å². The summed E-state index contributed by atoms with van der Waals surface area (Å²) in [5.41, 5.74) is 5.44. The second-order valence-corrected chi connectivity index (χ2v) is 5.00. The van der Waals surface area contributed by atoms with E-state index in [-0.39, 0.29) is 30.8 Å². The molecule has 0 aliphatic carbocycles. The maximum atomic E-state index is 12.4. The standard InChI is InChI=1S/C14H19F3N2O/c1-9(2)12(7-18)13(20)19-8-10-3-5-11(6-4-10)14(15,16)17/h3-6,9,12H,7-8,18H2,1-2H3,(H,19,20). The van der Waals surface area contributed by atoms with Gasteiger partial charge in [0.25, 0.3) is 0 Å². The molecular weight excluding hydrogens is 269 g/mol. The average molecular weight is 288 g/mol. The molecule has 0 saturated carbocycles. The first-order valence-corrected chi connectivity index (χ1v) is 6.39. The molecule has 0 spiro atoms. The summed E-state index contributed by atoms with van der Waals surface area (Å²) in [7, 11) is 0. The van der Waals surface area contributed by atoms with Gasteiger partial charge >= 0.3 is 6.18 Å². The van der Waals surface area contributed by atoms with Crippen molar-refractivity contribution in [3.63, 3.8) is 0 Å². The molecular formula is C14H19F3N2O. The summed E-state index contributed by atoms with van der Waals surface area (Å²) in [6, 6.07) is 4.72. The molecule has 3 nitrogen and oxygen atoms in total. The van der Waals surface area contributed by atoms with Crippen molar-refractivity contribution in [1.82, 2.24) is 5.32 Å². The molecule has 1 aromatic rings. The van der Waals surface area contributed by atoms with E-state index in [4.69, 9.17) is 5.73 Å². The molecule has 3 N–H and O–H groups in total. The molecule has 0 heterocycles. The van der Waals surface area contributed by atoms with Crippen LogP contribution in [0, 0.1) is 11.8 Å². The van der Waals surface area contributed by atoms with Gasteiger partial charge < -0.3 is 11.1 Å². The van der Waals surface area contributed by atoms with Crippen molar-refractivity contribution in [2.45, 2.75) is 26.6 Å². The summed E-state index contributed by atoms with van der Waals surface area (Å²) in [4.78, 5) is 11.8. The van der Waals surface area contributed by atoms with Crippen molar-refractivity contribution in [3.8, 4) is 0 Å². The number of carbonyl (C=O) groups is 1. The number of hydrogen-bond acceptors (Lipinski definition) is 2. The summed E-state index contributed by atoms with van der Waals surface area (Å²) in [5, 5.41) is 2.69. The summed E-state index contributed by atoms with van der Waals surface area (Å²) >= 11 is 0. The lowest BCUT2D eigenvalue weighted by Crippen LogP contribution is -2.37. The normalized spacial score (nSPS) is 13.3. The Hall–Kier alpha value is -1.56. The number of rotatable bonds is 5. The van der Waals surface area contributed by atoms with Crippen molar-refractivity contribution < 1.29 is 18.0 Å². The number of benzene rings is 1. The molecule has 1 aromatic carbocycles. The van der Waals surface area contributed by atoms with Gasteiger partial charge in [-0.1, -0.05) is 26.0 Å². The van der Waals surface area contributed by atoms with Crippen LogP contribution in [-0.4, -0.2) is 12.5 Å². The lowest BCUT2D eigenvalue weighted by atomic mass is 9.95. The Balaban J connectivity index is 2.60. The van der Waals surface area contributed by atoms with Crippen LogP contribution < -0.4 is 11.1 Å². The topological polar surface area (TPSA) is 55.1 Å². The Morgan fingerprint density at radius 1 is 1.25 bits per heavy atom. The smallest absolute Gasteiger partial charge is 0.352 e. The van der Waals surface area contributed by atoms with E-state index in [0.29, 0.717) is 5.56 Å². The first-order valence-electron chi connectivity index (χ1n) is 6.39. The molecule has 0 aliphatic heterocycles. The Bertz CT molecular complexity index is 441. The van der Waals surface area contributed by atoms with Crippen LogP contribution in [0.4, 0.5) is 13.2 Å². The van der Waals surface area contributed by atoms with Gasteiger partial charge in [0.2, 0.25) is 5.91 Å². The fourth-order valence-electron chi connectivity index (χ4n) is 1.81. The number of nitrogens with two attached hydrogens (primary N) is 1. The van der Waals surface area contributed by atoms with Crippen LogP contribution in [-0.2, 0) is 17.5 Å². The number of halogens is 3. The zero-order valence-corrected chi connectivity index (χ0v) is 11.5. The number of carbonyl (C=O) groups excluding carboxylic acids is 1. The number of alkyl halides is 3. The Kier molecular flexibility index (Phi) is 5.56. The Morgan fingerprint density at radius 3 is 2.20 bits per heavy atom. The van der Waals surface area contributed by atoms with Crippen LogP contribution in [0.2, 0.25) is 0 Å². The van der Waals surface area contributed by atoms with Gasteiger partial charge in [0.15, 0.2) is 0 Å². The van der Waals surface area contributed by atoms with Crippen molar-refractivity contribution in [3.05, 3.63) is 35.4 Å². The Labute approximate surface area is 116 Å². The summed E-state index contributed by atoms with van der Waals surface area (Å²) < 4.78 is 37.2. The van der Waals surface area contributed by atoms with E-state index >= 15 is 0 Å². The third-order valence-corrected chi connectivity index (χ3v) is 3.14. The van der Waals surface area contributed by atoms with E-state index in [1.165, 1.54) is 12.1 Å². The van der Waals surface area contributed by atoms with Gasteiger partial charge in [-0.05, 0) is 23.6 Å². The lowest BCUT2D eigenvalue weighted by molar-refractivity contribution is -0.137. The SMILES string of the molecule is CC(C)C(CN)C(=O)NCc1ccc(C(F)(F)F)cc1. The highest BCUT2D eigenvalue weighted by Gasteiger charge is 2.29. The van der Waals surface area contributed by atoms with E-state index in [1.54, 1.807) is 0 Å². The lowest BCUT2D eigenvalue weighted by Gasteiger charge is -2.18. The largest absolute Gasteiger partial charge is 0.416 e. The molecule has 1 rings (SSSR count). The molecule has 1 unspecified atom stereocenters. The molecule has 112 valence electrons. The second-order valence-electron chi connectivity index (χ2n) is 5.00. The molecule has 6 heteroatoms. The summed E-state index contributed by atoms with van der Waals surface area (Å²) in [5.74, 6) is -0.348. The maximum Gasteiger partial charge on any atom is 0.416 e. The third kappa shape index (κ3) is 4.52. The monoisotopic (exact) mass is 288 g/mol. The highest BCUT2D eigenvalue weighted by atomic mass is 19.4. The van der Waals surface area contributed by atoms with Gasteiger partial charge in [-0.3, -0.25) is 4.79 Å². The summed E-state index contributed by atoms with van der Waals surface area (Å²) in [6.45, 7) is 4.24. The fraction of sp³-hybridized carbons (Fsp3) is 0.500. The number of nitrogens with one attached hydrogen (secondary N) is 1. The quantitative estimate of drug-likeness (QED) is 0.875. The van der Waals surface area contributed by atoms with Crippen LogP contribution in [0.5, 0.6) is 0 Å². The van der Waals surface area contributed by atoms with E-state index in [2.05, 4.69) is 5.32 Å². The van der Waals surface area contributed by atoms with E-state index in [1.807, 2.05) is 13.8 Å². The zero-order valence-electron chi connectivity index (χ0n) is 11.5. The van der Waals surface area contributed by atoms with Gasteiger partial charge in [-0.15, -0.1) is 0 Å². The minimum atomic E-state index is -4.34. The maximum absolute atomic E-state index is 12.4. The van der Waals surface area contributed by atoms with Gasteiger partial charge in [0.05, 0.1) is 11.5 Å². The van der Waals surface area contributed by atoms with E-state index in [0.717, 1.165) is 12.1 Å². The third-order valence-electron chi connectivity index (χ3n) is 3.14. The molecule has 0 bridgehead atoms. The summed E-state index contributed by atoms with van der Waals surface area (Å²) in [6.07, 6.45) is -4.34. The number of hydrogen-bond donors (Lipinski definition) is 2. The van der Waals surface area contributed by atoms with E-state index < -0.39 is 11.7 Å². The van der Waals surface area contributed by atoms with Crippen LogP contribution in [0.15, 0.2) is 24.3 Å². The highest BCUT2D eigenvalue weighted by molar-refractivity contribution is 5.79. The van der Waals surface area contributed by atoms with Crippen molar-refractivity contribution in [1.29, 1.82) is 0 Å². The van der Waals surface area contributed by atoms with E-state index in [9.17, 15) is 18.0 Å². The van der Waals surface area contributed by atoms with Gasteiger partial charge in [0, 0.05) is 13.1 Å². The van der Waals surface area contributed by atoms with Gasteiger partial charge in [-0.25, -0.2) is 0 Å². The molecule has 1 atom stereocenters. The van der Waals surface area contributed by atoms with Crippen LogP contribution in [0.3, 0.4) is 0 Å². The predicted octanol–water partition coefficient (Wildman–Crippen LogP) is 2.55. The van der Waals surface area contributed by atoms with Crippen LogP contribution in [0.1, 0.15) is 25.0 Å². The molecule has 0 fully saturated rings. The average Bonchev–Trinajstić information content (AvgIpc) is 2.36. The van der Waals surface area contributed by atoms with Crippen LogP contribution in [0.25, 0.3) is 0 Å². The first kappa shape index (κ1) is 16.5. The predicted molar refractivity (Wildman–Crippen MR) is 70.7 cm³/mol. The minimum Gasteiger partial charge on any atom is -0.352 e. The molecule has 20 heavy (non-hydrogen) atoms. The molecule has 0 saturated heterocycles. The van der Waals surface area contributed by atoms with Gasteiger partial charge in [0.1, 0.15) is 0 Å². The number of amides is 1. The fourth-order valence-corrected chi connectivity index (χ4v) is 1.81. The molecule has 0 aliphatic rings. The van der Waals surface area contributed by atoms with Crippen molar-refractivity contribution in [2.24, 2.45) is 17.6 Å². The molecule has 1 amide bonds. The van der Waals surface area contributed by atoms with Gasteiger partial charge in [-0.2, -0.15) is 13.2 Å². The second kappa shape index (κ2) is 6.74. The highest BCUT2D eigenvalue weighted by Crippen LogP contribution is 2.29. The Morgan fingerprint density at radius 2 is 1.80 bits per heavy atom. The minimum absolute atomic E-state index is 0.118.